The van der Waals surface area contributed by atoms with E-state index in [0.29, 0.717) is 5.56 Å². The summed E-state index contributed by atoms with van der Waals surface area (Å²) in [5.74, 6) is -1.72. The molecule has 0 aliphatic heterocycles. The second kappa shape index (κ2) is 6.07. The lowest BCUT2D eigenvalue weighted by Crippen LogP contribution is -2.16. The molecular weight excluding hydrogens is 347 g/mol. The highest BCUT2D eigenvalue weighted by molar-refractivity contribution is 9.10. The molecule has 2 rings (SSSR count). The van der Waals surface area contributed by atoms with Crippen molar-refractivity contribution >= 4 is 15.9 Å². The molecule has 6 heteroatoms. The molecule has 0 radical (unpaired) electrons. The molecule has 0 amide bonds. The lowest BCUT2D eigenvalue weighted by atomic mass is 9.96. The number of hydrogen-bond acceptors (Lipinski definition) is 2. The van der Waals surface area contributed by atoms with Crippen LogP contribution in [0.1, 0.15) is 22.7 Å². The molecule has 112 valence electrons. The molecule has 0 aliphatic rings. The van der Waals surface area contributed by atoms with Crippen molar-refractivity contribution in [2.75, 3.05) is 7.11 Å². The maximum atomic E-state index is 13.9. The number of methoxy groups -OCH3 is 1. The summed E-state index contributed by atoms with van der Waals surface area (Å²) in [5.41, 5.74) is 6.84. The van der Waals surface area contributed by atoms with E-state index in [-0.39, 0.29) is 21.3 Å². The van der Waals surface area contributed by atoms with E-state index in [1.165, 1.54) is 26.2 Å². The van der Waals surface area contributed by atoms with Crippen LogP contribution < -0.4 is 10.5 Å². The highest BCUT2D eigenvalue weighted by Gasteiger charge is 2.21. The van der Waals surface area contributed by atoms with Gasteiger partial charge >= 0.3 is 0 Å². The summed E-state index contributed by atoms with van der Waals surface area (Å²) < 4.78 is 46.0. The van der Waals surface area contributed by atoms with Gasteiger partial charge in [-0.2, -0.15) is 0 Å². The molecule has 2 aromatic carbocycles. The van der Waals surface area contributed by atoms with E-state index in [1.54, 1.807) is 0 Å². The monoisotopic (exact) mass is 359 g/mol. The predicted molar refractivity (Wildman–Crippen MR) is 77.8 cm³/mol. The molecule has 1 unspecified atom stereocenters. The predicted octanol–water partition coefficient (Wildman–Crippen LogP) is 4.23. The minimum absolute atomic E-state index is 0.116. The van der Waals surface area contributed by atoms with Gasteiger partial charge in [0.05, 0.1) is 17.6 Å². The Morgan fingerprint density at radius 3 is 2.29 bits per heavy atom. The van der Waals surface area contributed by atoms with Crippen molar-refractivity contribution in [2.24, 2.45) is 5.73 Å². The molecule has 0 aliphatic carbocycles. The standard InChI is InChI=1S/C15H13BrF3NO/c1-7-3-8(12(18)5-11(7)17)15(20)9-4-10(16)13(19)6-14(9)21-2/h3-6,15H,20H2,1-2H3. The van der Waals surface area contributed by atoms with Crippen LogP contribution in [0.15, 0.2) is 28.7 Å². The van der Waals surface area contributed by atoms with Crippen LogP contribution in [0.2, 0.25) is 0 Å². The molecule has 0 bridgehead atoms. The Kier molecular flexibility index (Phi) is 4.58. The van der Waals surface area contributed by atoms with Crippen LogP contribution >= 0.6 is 15.9 Å². The zero-order chi connectivity index (χ0) is 15.7. The largest absolute Gasteiger partial charge is 0.496 e. The molecule has 0 saturated heterocycles. The number of rotatable bonds is 3. The van der Waals surface area contributed by atoms with Gasteiger partial charge in [0.15, 0.2) is 0 Å². The summed E-state index contributed by atoms with van der Waals surface area (Å²) in [5, 5.41) is 0. The van der Waals surface area contributed by atoms with Crippen molar-refractivity contribution in [2.45, 2.75) is 13.0 Å². The van der Waals surface area contributed by atoms with E-state index in [0.717, 1.165) is 12.1 Å². The summed E-state index contributed by atoms with van der Waals surface area (Å²) >= 11 is 3.06. The minimum Gasteiger partial charge on any atom is -0.496 e. The van der Waals surface area contributed by atoms with Gasteiger partial charge in [-0.25, -0.2) is 13.2 Å². The first-order valence-electron chi connectivity index (χ1n) is 6.09. The third kappa shape index (κ3) is 3.06. The van der Waals surface area contributed by atoms with Crippen LogP contribution in [0.3, 0.4) is 0 Å². The average molecular weight is 360 g/mol. The topological polar surface area (TPSA) is 35.2 Å². The first-order valence-corrected chi connectivity index (χ1v) is 6.88. The Balaban J connectivity index is 2.57. The molecule has 2 N–H and O–H groups in total. The molecule has 0 spiro atoms. The van der Waals surface area contributed by atoms with Crippen molar-refractivity contribution in [1.29, 1.82) is 0 Å². The summed E-state index contributed by atoms with van der Waals surface area (Å²) in [4.78, 5) is 0. The summed E-state index contributed by atoms with van der Waals surface area (Å²) in [7, 11) is 1.37. The first kappa shape index (κ1) is 15.9. The van der Waals surface area contributed by atoms with Crippen LogP contribution in [-0.4, -0.2) is 7.11 Å². The van der Waals surface area contributed by atoms with E-state index < -0.39 is 23.5 Å². The van der Waals surface area contributed by atoms with Crippen molar-refractivity contribution in [3.8, 4) is 5.75 Å². The van der Waals surface area contributed by atoms with Crippen molar-refractivity contribution in [3.05, 3.63) is 62.9 Å². The van der Waals surface area contributed by atoms with Gasteiger partial charge in [0.1, 0.15) is 23.2 Å². The molecule has 0 heterocycles. The van der Waals surface area contributed by atoms with E-state index in [9.17, 15) is 13.2 Å². The first-order chi connectivity index (χ1) is 9.85. The van der Waals surface area contributed by atoms with Crippen molar-refractivity contribution in [3.63, 3.8) is 0 Å². The number of aryl methyl sites for hydroxylation is 1. The lowest BCUT2D eigenvalue weighted by Gasteiger charge is -2.18. The minimum atomic E-state index is -0.906. The number of ether oxygens (including phenoxy) is 1. The van der Waals surface area contributed by atoms with Gasteiger partial charge in [0.2, 0.25) is 0 Å². The smallest absolute Gasteiger partial charge is 0.141 e. The number of hydrogen-bond donors (Lipinski definition) is 1. The zero-order valence-corrected chi connectivity index (χ0v) is 13.0. The van der Waals surface area contributed by atoms with E-state index in [1.807, 2.05) is 0 Å². The second-order valence-corrected chi connectivity index (χ2v) is 5.46. The molecule has 0 fully saturated rings. The highest BCUT2D eigenvalue weighted by atomic mass is 79.9. The van der Waals surface area contributed by atoms with Gasteiger partial charge < -0.3 is 10.5 Å². The maximum absolute atomic E-state index is 13.9. The second-order valence-electron chi connectivity index (χ2n) is 4.61. The molecule has 2 aromatic rings. The average Bonchev–Trinajstić information content (AvgIpc) is 2.44. The highest BCUT2D eigenvalue weighted by Crippen LogP contribution is 2.34. The SMILES string of the molecule is COc1cc(F)c(Br)cc1C(N)c1cc(C)c(F)cc1F. The van der Waals surface area contributed by atoms with E-state index >= 15 is 0 Å². The van der Waals surface area contributed by atoms with Crippen LogP contribution in [0.5, 0.6) is 5.75 Å². The number of nitrogens with two attached hydrogens (primary N) is 1. The van der Waals surface area contributed by atoms with E-state index in [4.69, 9.17) is 10.5 Å². The van der Waals surface area contributed by atoms with Crippen LogP contribution in [0.4, 0.5) is 13.2 Å². The van der Waals surface area contributed by atoms with Crippen molar-refractivity contribution in [1.82, 2.24) is 0 Å². The molecule has 21 heavy (non-hydrogen) atoms. The molecule has 0 saturated carbocycles. The van der Waals surface area contributed by atoms with Crippen LogP contribution in [0.25, 0.3) is 0 Å². The Hall–Kier alpha value is -1.53. The quantitative estimate of drug-likeness (QED) is 0.889. The zero-order valence-electron chi connectivity index (χ0n) is 11.4. The summed E-state index contributed by atoms with van der Waals surface area (Å²) in [6, 6.07) is 3.81. The van der Waals surface area contributed by atoms with Gasteiger partial charge in [0.25, 0.3) is 0 Å². The fourth-order valence-corrected chi connectivity index (χ4v) is 2.41. The maximum Gasteiger partial charge on any atom is 0.141 e. The summed E-state index contributed by atoms with van der Waals surface area (Å²) in [6.07, 6.45) is 0. The van der Waals surface area contributed by atoms with E-state index in [2.05, 4.69) is 15.9 Å². The van der Waals surface area contributed by atoms with Gasteiger partial charge in [-0.3, -0.25) is 0 Å². The number of benzene rings is 2. The normalized spacial score (nSPS) is 12.3. The third-order valence-electron chi connectivity index (χ3n) is 3.22. The van der Waals surface area contributed by atoms with Gasteiger partial charge in [-0.1, -0.05) is 0 Å². The molecule has 2 nitrogen and oxygen atoms in total. The Bertz CT molecular complexity index is 691. The van der Waals surface area contributed by atoms with Crippen LogP contribution in [0, 0.1) is 24.4 Å². The third-order valence-corrected chi connectivity index (χ3v) is 3.83. The number of halogens is 4. The Labute approximate surface area is 128 Å². The molecule has 0 aromatic heterocycles. The fraction of sp³-hybridized carbons (Fsp3) is 0.200. The Morgan fingerprint density at radius 1 is 1.00 bits per heavy atom. The lowest BCUT2D eigenvalue weighted by molar-refractivity contribution is 0.403. The van der Waals surface area contributed by atoms with Crippen molar-refractivity contribution < 1.29 is 17.9 Å². The van der Waals surface area contributed by atoms with Crippen LogP contribution in [-0.2, 0) is 0 Å². The Morgan fingerprint density at radius 2 is 1.67 bits per heavy atom. The van der Waals surface area contributed by atoms with Gasteiger partial charge in [-0.15, -0.1) is 0 Å². The molecular formula is C15H13BrF3NO. The summed E-state index contributed by atoms with van der Waals surface area (Å²) in [6.45, 7) is 1.52. The van der Waals surface area contributed by atoms with Gasteiger partial charge in [-0.05, 0) is 40.5 Å². The molecule has 1 atom stereocenters. The fourth-order valence-electron chi connectivity index (χ4n) is 2.05. The van der Waals surface area contributed by atoms with Gasteiger partial charge in [0, 0.05) is 23.3 Å².